The van der Waals surface area contributed by atoms with Crippen molar-refractivity contribution in [3.63, 3.8) is 0 Å². The van der Waals surface area contributed by atoms with Crippen LogP contribution >= 0.6 is 0 Å². The number of rotatable bonds is 0. The quantitative estimate of drug-likeness (QED) is 0.525. The van der Waals surface area contributed by atoms with Gasteiger partial charge in [0, 0.05) is 28.9 Å². The molecule has 0 aliphatic carbocycles. The van der Waals surface area contributed by atoms with Gasteiger partial charge in [-0.05, 0) is 12.1 Å². The third kappa shape index (κ3) is 3.78. The van der Waals surface area contributed by atoms with E-state index in [1.807, 2.05) is 18.2 Å². The van der Waals surface area contributed by atoms with E-state index in [2.05, 4.69) is 4.98 Å². The van der Waals surface area contributed by atoms with Gasteiger partial charge in [-0.3, -0.25) is 4.98 Å². The maximum Gasteiger partial charge on any atom is 0.0267 e. The van der Waals surface area contributed by atoms with Gasteiger partial charge in [0.2, 0.25) is 0 Å². The maximum atomic E-state index is 3.78. The summed E-state index contributed by atoms with van der Waals surface area (Å²) < 4.78 is 0. The van der Waals surface area contributed by atoms with Gasteiger partial charge in [-0.2, -0.15) is 0 Å². The van der Waals surface area contributed by atoms with Crippen LogP contribution in [0, 0.1) is 0 Å². The summed E-state index contributed by atoms with van der Waals surface area (Å²) in [6.07, 6.45) is 3.50. The summed E-state index contributed by atoms with van der Waals surface area (Å²) in [7, 11) is 0. The van der Waals surface area contributed by atoms with Crippen LogP contribution in [0.5, 0.6) is 0 Å². The molecule has 1 aromatic heterocycles. The Balaban J connectivity index is 0. The molecule has 0 saturated carbocycles. The molecule has 1 aromatic rings. The number of hydrogen-bond donors (Lipinski definition) is 0. The Morgan fingerprint density at radius 1 is 0.875 bits per heavy atom. The molecule has 3 heteroatoms. The molecule has 0 aliphatic rings. The van der Waals surface area contributed by atoms with E-state index in [0.717, 1.165) is 0 Å². The van der Waals surface area contributed by atoms with E-state index in [9.17, 15) is 0 Å². The average Bonchev–Trinajstić information content (AvgIpc) is 1.72. The molecule has 0 aromatic carbocycles. The van der Waals surface area contributed by atoms with Gasteiger partial charge < -0.3 is 6.15 Å². The van der Waals surface area contributed by atoms with Crippen molar-refractivity contribution in [1.82, 2.24) is 4.98 Å². The summed E-state index contributed by atoms with van der Waals surface area (Å²) in [4.78, 5) is 3.78. The van der Waals surface area contributed by atoms with E-state index >= 15 is 0 Å². The van der Waals surface area contributed by atoms with E-state index in [1.54, 1.807) is 12.4 Å². The van der Waals surface area contributed by atoms with Gasteiger partial charge in [0.25, 0.3) is 0 Å². The molecule has 0 amide bonds. The van der Waals surface area contributed by atoms with Crippen LogP contribution in [0.3, 0.4) is 0 Å². The van der Waals surface area contributed by atoms with Crippen LogP contribution in [-0.4, -0.2) is 4.98 Å². The maximum absolute atomic E-state index is 3.78. The monoisotopic (exact) mass is 153 g/mol. The molecule has 2 N–H and O–H groups in total. The Hall–Kier alpha value is -0.396. The smallest absolute Gasteiger partial charge is 0.0267 e. The molecular formula is C5H7N2Ni-. The second-order valence-corrected chi connectivity index (χ2v) is 1.02. The van der Waals surface area contributed by atoms with E-state index in [-0.39, 0.29) is 22.6 Å². The summed E-state index contributed by atoms with van der Waals surface area (Å²) in [6.45, 7) is 0. The number of hydrogen-bond acceptors (Lipinski definition) is 1. The van der Waals surface area contributed by atoms with Crippen molar-refractivity contribution >= 4 is 0 Å². The molecular weight excluding hydrogens is 147 g/mol. The van der Waals surface area contributed by atoms with Crippen LogP contribution < -0.4 is 0 Å². The molecule has 0 saturated heterocycles. The van der Waals surface area contributed by atoms with E-state index in [4.69, 9.17) is 0 Å². The first-order valence-electron chi connectivity index (χ1n) is 1.85. The molecule has 8 heavy (non-hydrogen) atoms. The standard InChI is InChI=1S/C5H5N.H2N.Ni/c1-2-4-6-5-3-1;;/h1-5H;1H2;/q;-1;. The van der Waals surface area contributed by atoms with Crippen LogP contribution in [-0.2, 0) is 16.5 Å². The molecule has 1 heterocycles. The third-order valence-electron chi connectivity index (χ3n) is 0.566. The van der Waals surface area contributed by atoms with Crippen LogP contribution in [0.4, 0.5) is 0 Å². The molecule has 0 fully saturated rings. The van der Waals surface area contributed by atoms with Crippen LogP contribution in [0.2, 0.25) is 0 Å². The van der Waals surface area contributed by atoms with Gasteiger partial charge in [0.1, 0.15) is 0 Å². The first-order chi connectivity index (χ1) is 3.00. The van der Waals surface area contributed by atoms with Crippen molar-refractivity contribution < 1.29 is 16.5 Å². The SMILES string of the molecule is [NH2-].[Ni].c1ccncc1. The summed E-state index contributed by atoms with van der Waals surface area (Å²) in [5.41, 5.74) is 0. The third-order valence-corrected chi connectivity index (χ3v) is 0.566. The zero-order valence-electron chi connectivity index (χ0n) is 4.23. The topological polar surface area (TPSA) is 46.4 Å². The summed E-state index contributed by atoms with van der Waals surface area (Å²) in [5.74, 6) is 0. The Kier molecular flexibility index (Phi) is 8.72. The van der Waals surface area contributed by atoms with Crippen LogP contribution in [0.25, 0.3) is 6.15 Å². The zero-order valence-corrected chi connectivity index (χ0v) is 5.22. The molecule has 0 unspecified atom stereocenters. The number of nitrogens with two attached hydrogens (primary N) is 1. The Bertz CT molecular complexity index is 82.4. The van der Waals surface area contributed by atoms with Crippen LogP contribution in [0.15, 0.2) is 30.6 Å². The second-order valence-electron chi connectivity index (χ2n) is 1.02. The number of aromatic nitrogens is 1. The Morgan fingerprint density at radius 3 is 1.50 bits per heavy atom. The molecule has 0 bridgehead atoms. The van der Waals surface area contributed by atoms with Crippen molar-refractivity contribution in [2.75, 3.05) is 0 Å². The molecule has 0 spiro atoms. The van der Waals surface area contributed by atoms with Crippen molar-refractivity contribution in [3.05, 3.63) is 36.7 Å². The van der Waals surface area contributed by atoms with Crippen molar-refractivity contribution in [2.45, 2.75) is 0 Å². The second kappa shape index (κ2) is 6.60. The minimum atomic E-state index is 0. The van der Waals surface area contributed by atoms with E-state index < -0.39 is 0 Å². The first-order valence-corrected chi connectivity index (χ1v) is 1.85. The molecule has 0 aliphatic heterocycles. The number of nitrogens with zero attached hydrogens (tertiary/aromatic N) is 1. The zero-order chi connectivity index (χ0) is 4.24. The first kappa shape index (κ1) is 10.6. The minimum absolute atomic E-state index is 0. The van der Waals surface area contributed by atoms with Gasteiger partial charge in [-0.25, -0.2) is 0 Å². The van der Waals surface area contributed by atoms with Gasteiger partial charge in [-0.15, -0.1) is 0 Å². The average molecular weight is 154 g/mol. The van der Waals surface area contributed by atoms with Crippen molar-refractivity contribution in [3.8, 4) is 0 Å². The van der Waals surface area contributed by atoms with Gasteiger partial charge in [0.15, 0.2) is 0 Å². The number of pyridine rings is 1. The molecule has 0 radical (unpaired) electrons. The molecule has 48 valence electrons. The van der Waals surface area contributed by atoms with Crippen molar-refractivity contribution in [1.29, 1.82) is 0 Å². The Morgan fingerprint density at radius 2 is 1.38 bits per heavy atom. The molecule has 0 atom stereocenters. The summed E-state index contributed by atoms with van der Waals surface area (Å²) >= 11 is 0. The van der Waals surface area contributed by atoms with E-state index in [1.165, 1.54) is 0 Å². The van der Waals surface area contributed by atoms with Gasteiger partial charge in [0.05, 0.1) is 0 Å². The fraction of sp³-hybridized carbons (Fsp3) is 0. The van der Waals surface area contributed by atoms with Crippen LogP contribution in [0.1, 0.15) is 0 Å². The fourth-order valence-electron chi connectivity index (χ4n) is 0.313. The predicted molar refractivity (Wildman–Crippen MR) is 29.5 cm³/mol. The predicted octanol–water partition coefficient (Wildman–Crippen LogP) is 1.80. The fourth-order valence-corrected chi connectivity index (χ4v) is 0.313. The largest absolute Gasteiger partial charge is 0.693 e. The Labute approximate surface area is 58.8 Å². The summed E-state index contributed by atoms with van der Waals surface area (Å²) in [5, 5.41) is 0. The van der Waals surface area contributed by atoms with E-state index in [0.29, 0.717) is 0 Å². The normalized spacial score (nSPS) is 6.00. The molecule has 1 rings (SSSR count). The minimum Gasteiger partial charge on any atom is -0.693 e. The van der Waals surface area contributed by atoms with Gasteiger partial charge >= 0.3 is 0 Å². The summed E-state index contributed by atoms with van der Waals surface area (Å²) in [6, 6.07) is 5.72. The van der Waals surface area contributed by atoms with Gasteiger partial charge in [-0.1, -0.05) is 6.07 Å². The van der Waals surface area contributed by atoms with Crippen molar-refractivity contribution in [2.24, 2.45) is 0 Å². The molecule has 2 nitrogen and oxygen atoms in total.